The zero-order valence-corrected chi connectivity index (χ0v) is 6.62. The summed E-state index contributed by atoms with van der Waals surface area (Å²) >= 11 is 0. The van der Waals surface area contributed by atoms with Crippen LogP contribution in [0.1, 0.15) is 19.8 Å². The Bertz CT molecular complexity index is 236. The molecule has 0 aliphatic heterocycles. The van der Waals surface area contributed by atoms with Crippen LogP contribution in [0, 0.1) is 0 Å². The van der Waals surface area contributed by atoms with Gasteiger partial charge in [-0.3, -0.25) is 0 Å². The molecule has 0 heterocycles. The van der Waals surface area contributed by atoms with E-state index < -0.39 is 0 Å². The predicted molar refractivity (Wildman–Crippen MR) is 46.8 cm³/mol. The summed E-state index contributed by atoms with van der Waals surface area (Å²) in [6.45, 7) is 1.84. The molecule has 0 amide bonds. The molecular formula is C8H13N2O+. The van der Waals surface area contributed by atoms with E-state index >= 15 is 0 Å². The van der Waals surface area contributed by atoms with Gasteiger partial charge in [0.1, 0.15) is 5.76 Å². The maximum atomic E-state index is 9.22. The van der Waals surface area contributed by atoms with Gasteiger partial charge in [-0.15, -0.1) is 4.67 Å². The maximum Gasteiger partial charge on any atom is 0.304 e. The zero-order chi connectivity index (χ0) is 8.27. The van der Waals surface area contributed by atoms with Crippen molar-refractivity contribution >= 4 is 11.9 Å². The second-order valence-corrected chi connectivity index (χ2v) is 2.52. The number of allylic oxidation sites excluding steroid dienone is 1. The van der Waals surface area contributed by atoms with E-state index in [-0.39, 0.29) is 11.8 Å². The van der Waals surface area contributed by atoms with Gasteiger partial charge in [0.15, 0.2) is 6.04 Å². The summed E-state index contributed by atoms with van der Waals surface area (Å²) in [5, 5.41) is 9.22. The Morgan fingerprint density at radius 3 is 3.18 bits per heavy atom. The second kappa shape index (κ2) is 3.37. The zero-order valence-electron chi connectivity index (χ0n) is 6.62. The van der Waals surface area contributed by atoms with Crippen LogP contribution in [0.15, 0.2) is 11.8 Å². The van der Waals surface area contributed by atoms with E-state index in [0.29, 0.717) is 0 Å². The predicted octanol–water partition coefficient (Wildman–Crippen LogP) is 0.148. The quantitative estimate of drug-likeness (QED) is 0.384. The molecule has 0 fully saturated rings. The minimum absolute atomic E-state index is 0.247. The van der Waals surface area contributed by atoms with E-state index in [1.54, 1.807) is 12.3 Å². The van der Waals surface area contributed by atoms with Crippen LogP contribution in [-0.4, -0.2) is 23.1 Å². The number of aliphatic hydroxyl groups excluding tert-OH is 1. The molecule has 1 atom stereocenters. The standard InChI is InChI=1S/C8H12N2O/c1-2-10-6-4-3-5-7(11)8(6)9/h2,5,8H,3-4,9H2,1H3/p+1. The first kappa shape index (κ1) is 8.05. The van der Waals surface area contributed by atoms with Gasteiger partial charge in [0.2, 0.25) is 0 Å². The third-order valence-electron chi connectivity index (χ3n) is 1.73. The second-order valence-electron chi connectivity index (χ2n) is 2.52. The minimum atomic E-state index is -0.375. The van der Waals surface area contributed by atoms with Crippen molar-refractivity contribution in [3.63, 3.8) is 0 Å². The highest BCUT2D eigenvalue weighted by Crippen LogP contribution is 2.09. The molecule has 0 spiro atoms. The van der Waals surface area contributed by atoms with E-state index in [1.807, 2.05) is 6.92 Å². The first-order chi connectivity index (χ1) is 5.25. The van der Waals surface area contributed by atoms with Crippen molar-refractivity contribution in [3.05, 3.63) is 11.8 Å². The van der Waals surface area contributed by atoms with E-state index in [1.165, 1.54) is 0 Å². The summed E-state index contributed by atoms with van der Waals surface area (Å²) in [7, 11) is 0. The first-order valence-electron chi connectivity index (χ1n) is 3.74. The fourth-order valence-electron chi connectivity index (χ4n) is 1.13. The van der Waals surface area contributed by atoms with Crippen molar-refractivity contribution in [2.45, 2.75) is 25.8 Å². The molecule has 1 aliphatic carbocycles. The van der Waals surface area contributed by atoms with E-state index in [2.05, 4.69) is 4.67 Å². The largest absolute Gasteiger partial charge is 0.510 e. The fraction of sp³-hybridized carbons (Fsp3) is 0.500. The molecule has 0 aromatic rings. The monoisotopic (exact) mass is 153 g/mol. The molecule has 0 saturated carbocycles. The molecule has 0 radical (unpaired) electrons. The Labute approximate surface area is 66.0 Å². The van der Waals surface area contributed by atoms with Crippen LogP contribution in [0.2, 0.25) is 0 Å². The van der Waals surface area contributed by atoms with Crippen molar-refractivity contribution in [1.29, 1.82) is 0 Å². The lowest BCUT2D eigenvalue weighted by molar-refractivity contribution is 0.381. The highest BCUT2D eigenvalue weighted by atomic mass is 16.3. The number of aliphatic hydroxyl groups is 1. The Kier molecular flexibility index (Phi) is 2.47. The lowest BCUT2D eigenvalue weighted by Gasteiger charge is -2.09. The van der Waals surface area contributed by atoms with Crippen molar-refractivity contribution in [2.24, 2.45) is 5.73 Å². The molecule has 3 nitrogen and oxygen atoms in total. The van der Waals surface area contributed by atoms with Gasteiger partial charge in [-0.25, -0.2) is 0 Å². The lowest BCUT2D eigenvalue weighted by atomic mass is 9.99. The Morgan fingerprint density at radius 1 is 1.82 bits per heavy atom. The van der Waals surface area contributed by atoms with Crippen LogP contribution in [-0.2, 0) is 0 Å². The van der Waals surface area contributed by atoms with Gasteiger partial charge in [-0.05, 0) is 12.5 Å². The maximum absolute atomic E-state index is 9.22. The number of hydrogen-bond donors (Lipinski definition) is 2. The van der Waals surface area contributed by atoms with Gasteiger partial charge in [0, 0.05) is 6.92 Å². The Morgan fingerprint density at radius 2 is 2.55 bits per heavy atom. The summed E-state index contributed by atoms with van der Waals surface area (Å²) in [6.07, 6.45) is 5.15. The van der Waals surface area contributed by atoms with Crippen molar-refractivity contribution in [2.75, 3.05) is 0 Å². The normalized spacial score (nSPS) is 24.0. The van der Waals surface area contributed by atoms with Crippen molar-refractivity contribution in [3.8, 4) is 0 Å². The Hall–Kier alpha value is -1.05. The summed E-state index contributed by atoms with van der Waals surface area (Å²) < 4.78 is 4.08. The molecule has 60 valence electrons. The first-order valence-corrected chi connectivity index (χ1v) is 3.74. The third kappa shape index (κ3) is 1.70. The summed E-state index contributed by atoms with van der Waals surface area (Å²) in [5.41, 5.74) is 6.51. The molecule has 11 heavy (non-hydrogen) atoms. The van der Waals surface area contributed by atoms with Crippen LogP contribution in [0.3, 0.4) is 0 Å². The topological polar surface area (TPSA) is 60.3 Å². The van der Waals surface area contributed by atoms with Gasteiger partial charge >= 0.3 is 5.71 Å². The highest BCUT2D eigenvalue weighted by Gasteiger charge is 2.26. The van der Waals surface area contributed by atoms with E-state index in [9.17, 15) is 5.11 Å². The van der Waals surface area contributed by atoms with Crippen molar-refractivity contribution < 1.29 is 5.11 Å². The summed E-state index contributed by atoms with van der Waals surface area (Å²) in [5.74, 6) is 0.247. The highest BCUT2D eigenvalue weighted by molar-refractivity contribution is 5.93. The van der Waals surface area contributed by atoms with Gasteiger partial charge in [0.25, 0.3) is 6.21 Å². The van der Waals surface area contributed by atoms with Gasteiger partial charge in [-0.1, -0.05) is 0 Å². The molecule has 3 heteroatoms. The summed E-state index contributed by atoms with van der Waals surface area (Å²) in [4.78, 5) is 0. The van der Waals surface area contributed by atoms with E-state index in [0.717, 1.165) is 18.6 Å². The van der Waals surface area contributed by atoms with Crippen LogP contribution in [0.4, 0.5) is 0 Å². The minimum Gasteiger partial charge on any atom is -0.510 e. The van der Waals surface area contributed by atoms with Crippen LogP contribution in [0.5, 0.6) is 0 Å². The molecule has 3 N–H and O–H groups in total. The van der Waals surface area contributed by atoms with E-state index in [4.69, 9.17) is 5.73 Å². The molecule has 1 rings (SSSR count). The van der Waals surface area contributed by atoms with Crippen LogP contribution < -0.4 is 10.4 Å². The molecule has 0 bridgehead atoms. The smallest absolute Gasteiger partial charge is 0.304 e. The average Bonchev–Trinajstić information content (AvgIpc) is 1.99. The lowest BCUT2D eigenvalue weighted by Crippen LogP contribution is -2.36. The number of hydrogen-bond acceptors (Lipinski definition) is 2. The number of nitrogens with two attached hydrogens (primary N) is 1. The SMILES string of the molecule is CC=[N+]=C1CCC=C(O)C1N. The average molecular weight is 153 g/mol. The fourth-order valence-corrected chi connectivity index (χ4v) is 1.13. The Balaban J connectivity index is 2.89. The number of rotatable bonds is 0. The molecule has 0 aromatic heterocycles. The van der Waals surface area contributed by atoms with Crippen LogP contribution in [0.25, 0.3) is 0 Å². The molecule has 1 aliphatic rings. The molecule has 1 unspecified atom stereocenters. The molecular weight excluding hydrogens is 140 g/mol. The van der Waals surface area contributed by atoms with Gasteiger partial charge < -0.3 is 10.8 Å². The van der Waals surface area contributed by atoms with Gasteiger partial charge in [0.05, 0.1) is 6.42 Å². The molecule has 0 saturated heterocycles. The van der Waals surface area contributed by atoms with Gasteiger partial charge in [-0.2, -0.15) is 0 Å². The molecule has 0 aromatic carbocycles. The summed E-state index contributed by atoms with van der Waals surface area (Å²) in [6, 6.07) is -0.375. The third-order valence-corrected chi connectivity index (χ3v) is 1.73. The van der Waals surface area contributed by atoms with Crippen LogP contribution >= 0.6 is 0 Å². The number of nitrogens with zero attached hydrogens (tertiary/aromatic N) is 1. The van der Waals surface area contributed by atoms with Crippen molar-refractivity contribution in [1.82, 2.24) is 4.67 Å².